The molecule has 5 nitrogen and oxygen atoms in total. The van der Waals surface area contributed by atoms with Gasteiger partial charge in [-0.2, -0.15) is 0 Å². The first-order valence-electron chi connectivity index (χ1n) is 7.83. The van der Waals surface area contributed by atoms with Crippen LogP contribution in [0.5, 0.6) is 0 Å². The summed E-state index contributed by atoms with van der Waals surface area (Å²) >= 11 is 0. The van der Waals surface area contributed by atoms with Crippen molar-refractivity contribution in [1.82, 2.24) is 15.2 Å². The van der Waals surface area contributed by atoms with Gasteiger partial charge in [0.25, 0.3) is 0 Å². The van der Waals surface area contributed by atoms with E-state index in [9.17, 15) is 9.90 Å². The van der Waals surface area contributed by atoms with Crippen molar-refractivity contribution in [2.24, 2.45) is 0 Å². The number of urea groups is 1. The number of hydrogen-bond donors (Lipinski definition) is 2. The van der Waals surface area contributed by atoms with Gasteiger partial charge >= 0.3 is 6.03 Å². The number of aliphatic hydroxyl groups is 1. The van der Waals surface area contributed by atoms with Gasteiger partial charge in [-0.3, -0.25) is 4.98 Å². The van der Waals surface area contributed by atoms with Gasteiger partial charge in [0, 0.05) is 31.5 Å². The SMILES string of the molecule is Cc1cc(CN(C)C(=O)NC(C)CCCC(C)(C)O)ccn1. The van der Waals surface area contributed by atoms with Crippen LogP contribution >= 0.6 is 0 Å². The van der Waals surface area contributed by atoms with E-state index in [0.717, 1.165) is 30.5 Å². The first kappa shape index (κ1) is 18.4. The number of carbonyl (C=O) groups is 1. The molecule has 0 saturated heterocycles. The van der Waals surface area contributed by atoms with Crippen molar-refractivity contribution < 1.29 is 9.90 Å². The maximum atomic E-state index is 12.2. The molecular formula is C17H29N3O2. The molecule has 0 aliphatic rings. The number of aryl methyl sites for hydroxylation is 1. The maximum absolute atomic E-state index is 12.2. The van der Waals surface area contributed by atoms with Crippen molar-refractivity contribution >= 4 is 6.03 Å². The third-order valence-electron chi connectivity index (χ3n) is 3.52. The molecule has 1 rings (SSSR count). The van der Waals surface area contributed by atoms with Crippen LogP contribution in [0.25, 0.3) is 0 Å². The lowest BCUT2D eigenvalue weighted by atomic mass is 10.00. The molecule has 1 atom stereocenters. The zero-order chi connectivity index (χ0) is 16.8. The van der Waals surface area contributed by atoms with Gasteiger partial charge < -0.3 is 15.3 Å². The highest BCUT2D eigenvalue weighted by atomic mass is 16.3. The van der Waals surface area contributed by atoms with E-state index in [0.29, 0.717) is 6.54 Å². The minimum Gasteiger partial charge on any atom is -0.390 e. The van der Waals surface area contributed by atoms with E-state index in [1.165, 1.54) is 0 Å². The lowest BCUT2D eigenvalue weighted by molar-refractivity contribution is 0.0676. The molecule has 1 unspecified atom stereocenters. The summed E-state index contributed by atoms with van der Waals surface area (Å²) in [6, 6.07) is 3.92. The molecular weight excluding hydrogens is 278 g/mol. The number of pyridine rings is 1. The van der Waals surface area contributed by atoms with Gasteiger partial charge in [-0.25, -0.2) is 4.79 Å². The zero-order valence-electron chi connectivity index (χ0n) is 14.4. The Kier molecular flexibility index (Phi) is 6.81. The van der Waals surface area contributed by atoms with Gasteiger partial charge in [0.15, 0.2) is 0 Å². The van der Waals surface area contributed by atoms with Gasteiger partial charge in [0.2, 0.25) is 0 Å². The fourth-order valence-corrected chi connectivity index (χ4v) is 2.28. The minimum atomic E-state index is -0.639. The van der Waals surface area contributed by atoms with E-state index >= 15 is 0 Å². The summed E-state index contributed by atoms with van der Waals surface area (Å²) in [4.78, 5) is 18.0. The first-order valence-corrected chi connectivity index (χ1v) is 7.83. The van der Waals surface area contributed by atoms with Crippen molar-refractivity contribution in [1.29, 1.82) is 0 Å². The number of amides is 2. The lowest BCUT2D eigenvalue weighted by Gasteiger charge is -2.23. The molecule has 1 aromatic rings. The standard InChI is InChI=1S/C17H29N3O2/c1-13(7-6-9-17(3,4)22)19-16(21)20(5)12-15-8-10-18-14(2)11-15/h8,10-11,13,22H,6-7,9,12H2,1-5H3,(H,19,21). The molecule has 0 aliphatic heterocycles. The molecule has 0 saturated carbocycles. The van der Waals surface area contributed by atoms with Gasteiger partial charge in [-0.15, -0.1) is 0 Å². The van der Waals surface area contributed by atoms with Crippen LogP contribution in [-0.2, 0) is 6.54 Å². The second-order valence-corrected chi connectivity index (χ2v) is 6.72. The molecule has 124 valence electrons. The Labute approximate surface area is 133 Å². The van der Waals surface area contributed by atoms with Gasteiger partial charge in [0.1, 0.15) is 0 Å². The van der Waals surface area contributed by atoms with Crippen molar-refractivity contribution in [3.05, 3.63) is 29.6 Å². The van der Waals surface area contributed by atoms with Crippen LogP contribution in [0.15, 0.2) is 18.3 Å². The summed E-state index contributed by atoms with van der Waals surface area (Å²) in [7, 11) is 1.79. The van der Waals surface area contributed by atoms with E-state index in [1.807, 2.05) is 26.0 Å². The molecule has 0 aromatic carbocycles. The van der Waals surface area contributed by atoms with Crippen LogP contribution in [0.4, 0.5) is 4.79 Å². The second kappa shape index (κ2) is 8.13. The molecule has 0 aliphatic carbocycles. The third-order valence-corrected chi connectivity index (χ3v) is 3.52. The van der Waals surface area contributed by atoms with Gasteiger partial charge in [-0.05, 0) is 64.7 Å². The molecule has 0 radical (unpaired) electrons. The normalized spacial score (nSPS) is 12.8. The largest absolute Gasteiger partial charge is 0.390 e. The van der Waals surface area contributed by atoms with Crippen LogP contribution in [0.2, 0.25) is 0 Å². The second-order valence-electron chi connectivity index (χ2n) is 6.72. The van der Waals surface area contributed by atoms with Crippen molar-refractivity contribution in [2.75, 3.05) is 7.05 Å². The Morgan fingerprint density at radius 3 is 2.77 bits per heavy atom. The van der Waals surface area contributed by atoms with Crippen molar-refractivity contribution in [3.63, 3.8) is 0 Å². The monoisotopic (exact) mass is 307 g/mol. The Balaban J connectivity index is 2.37. The molecule has 22 heavy (non-hydrogen) atoms. The Hall–Kier alpha value is -1.62. The van der Waals surface area contributed by atoms with Crippen LogP contribution in [0.3, 0.4) is 0 Å². The molecule has 0 spiro atoms. The van der Waals surface area contributed by atoms with E-state index in [4.69, 9.17) is 0 Å². The molecule has 5 heteroatoms. The van der Waals surface area contributed by atoms with E-state index in [-0.39, 0.29) is 12.1 Å². The number of nitrogens with zero attached hydrogens (tertiary/aromatic N) is 2. The third kappa shape index (κ3) is 7.41. The van der Waals surface area contributed by atoms with Crippen LogP contribution < -0.4 is 5.32 Å². The fraction of sp³-hybridized carbons (Fsp3) is 0.647. The van der Waals surface area contributed by atoms with Gasteiger partial charge in [0.05, 0.1) is 5.60 Å². The smallest absolute Gasteiger partial charge is 0.317 e. The molecule has 0 fully saturated rings. The van der Waals surface area contributed by atoms with E-state index in [2.05, 4.69) is 10.3 Å². The highest BCUT2D eigenvalue weighted by molar-refractivity contribution is 5.74. The average Bonchev–Trinajstić information content (AvgIpc) is 2.36. The van der Waals surface area contributed by atoms with Crippen LogP contribution in [0.1, 0.15) is 51.3 Å². The highest BCUT2D eigenvalue weighted by Crippen LogP contribution is 2.13. The average molecular weight is 307 g/mol. The van der Waals surface area contributed by atoms with Crippen molar-refractivity contribution in [2.45, 2.75) is 65.1 Å². The first-order chi connectivity index (χ1) is 10.2. The molecule has 0 bridgehead atoms. The Morgan fingerprint density at radius 1 is 1.50 bits per heavy atom. The zero-order valence-corrected chi connectivity index (χ0v) is 14.4. The van der Waals surface area contributed by atoms with Crippen LogP contribution in [0, 0.1) is 6.92 Å². The summed E-state index contributed by atoms with van der Waals surface area (Å²) in [5.74, 6) is 0. The molecule has 2 amide bonds. The minimum absolute atomic E-state index is 0.0785. The summed E-state index contributed by atoms with van der Waals surface area (Å²) in [6.45, 7) is 8.11. The topological polar surface area (TPSA) is 65.5 Å². The Morgan fingerprint density at radius 2 is 2.18 bits per heavy atom. The predicted molar refractivity (Wildman–Crippen MR) is 88.6 cm³/mol. The fourth-order valence-electron chi connectivity index (χ4n) is 2.28. The molecule has 1 aromatic heterocycles. The maximum Gasteiger partial charge on any atom is 0.317 e. The summed E-state index contributed by atoms with van der Waals surface area (Å²) in [5.41, 5.74) is 1.38. The van der Waals surface area contributed by atoms with Crippen LogP contribution in [-0.4, -0.2) is 39.7 Å². The predicted octanol–water partition coefficient (Wildman–Crippen LogP) is 2.86. The number of nitrogens with one attached hydrogen (secondary N) is 1. The Bertz CT molecular complexity index is 483. The number of hydrogen-bond acceptors (Lipinski definition) is 3. The van der Waals surface area contributed by atoms with Crippen molar-refractivity contribution in [3.8, 4) is 0 Å². The molecule has 2 N–H and O–H groups in total. The van der Waals surface area contributed by atoms with Gasteiger partial charge in [-0.1, -0.05) is 0 Å². The lowest BCUT2D eigenvalue weighted by Crippen LogP contribution is -2.41. The number of aromatic nitrogens is 1. The molecule has 1 heterocycles. The highest BCUT2D eigenvalue weighted by Gasteiger charge is 2.15. The summed E-state index contributed by atoms with van der Waals surface area (Å²) < 4.78 is 0. The number of rotatable bonds is 7. The van der Waals surface area contributed by atoms with E-state index < -0.39 is 5.60 Å². The summed E-state index contributed by atoms with van der Waals surface area (Å²) in [5, 5.41) is 12.7. The summed E-state index contributed by atoms with van der Waals surface area (Å²) in [6.07, 6.45) is 4.24. The quantitative estimate of drug-likeness (QED) is 0.814. The number of carbonyl (C=O) groups excluding carboxylic acids is 1. The van der Waals surface area contributed by atoms with E-state index in [1.54, 1.807) is 32.0 Å².